The molecule has 0 aromatic carbocycles. The van der Waals surface area contributed by atoms with Gasteiger partial charge in [-0.05, 0) is 18.2 Å². The molecule has 0 bridgehead atoms. The highest BCUT2D eigenvalue weighted by Gasteiger charge is 2.57. The fourth-order valence-electron chi connectivity index (χ4n) is 2.53. The zero-order valence-corrected chi connectivity index (χ0v) is 16.2. The van der Waals surface area contributed by atoms with E-state index in [1.165, 1.54) is 25.1 Å². The summed E-state index contributed by atoms with van der Waals surface area (Å²) in [7, 11) is -3.69. The van der Waals surface area contributed by atoms with E-state index in [9.17, 15) is 30.4 Å². The SMILES string of the molecule is CCS(=O)(=O)c1ccc(Cl)nc1-c1cc2ncn(CC(F)(F)C(F)(F)F)c2cn1. The minimum absolute atomic E-state index is 0.00713. The molecule has 13 heteroatoms. The Labute approximate surface area is 166 Å². The minimum atomic E-state index is -5.72. The van der Waals surface area contributed by atoms with Crippen LogP contribution in [-0.4, -0.2) is 45.8 Å². The van der Waals surface area contributed by atoms with Crippen molar-refractivity contribution in [3.05, 3.63) is 35.9 Å². The van der Waals surface area contributed by atoms with Gasteiger partial charge in [0.25, 0.3) is 0 Å². The van der Waals surface area contributed by atoms with Crippen molar-refractivity contribution in [1.82, 2.24) is 19.5 Å². The highest BCUT2D eigenvalue weighted by Crippen LogP contribution is 2.37. The van der Waals surface area contributed by atoms with Gasteiger partial charge in [-0.15, -0.1) is 0 Å². The van der Waals surface area contributed by atoms with Gasteiger partial charge in [0, 0.05) is 0 Å². The summed E-state index contributed by atoms with van der Waals surface area (Å²) in [5.74, 6) is -5.18. The summed E-state index contributed by atoms with van der Waals surface area (Å²) < 4.78 is 89.3. The first-order valence-corrected chi connectivity index (χ1v) is 10.0. The van der Waals surface area contributed by atoms with E-state index < -0.39 is 28.5 Å². The van der Waals surface area contributed by atoms with E-state index >= 15 is 0 Å². The number of nitrogens with zero attached hydrogens (tertiary/aromatic N) is 4. The minimum Gasteiger partial charge on any atom is -0.323 e. The smallest absolute Gasteiger partial charge is 0.323 e. The van der Waals surface area contributed by atoms with Crippen molar-refractivity contribution in [3.8, 4) is 11.4 Å². The van der Waals surface area contributed by atoms with Crippen molar-refractivity contribution in [2.45, 2.75) is 30.5 Å². The number of fused-ring (bicyclic) bond motifs is 1. The third-order valence-corrected chi connectivity index (χ3v) is 6.04. The third kappa shape index (κ3) is 4.04. The number of rotatable bonds is 5. The molecule has 0 spiro atoms. The maximum absolute atomic E-state index is 13.3. The van der Waals surface area contributed by atoms with Crippen molar-refractivity contribution in [3.63, 3.8) is 0 Å². The van der Waals surface area contributed by atoms with E-state index in [1.54, 1.807) is 0 Å². The molecule has 3 aromatic heterocycles. The molecule has 0 aliphatic carbocycles. The molecule has 0 saturated heterocycles. The lowest BCUT2D eigenvalue weighted by molar-refractivity contribution is -0.286. The molecule has 3 heterocycles. The summed E-state index contributed by atoms with van der Waals surface area (Å²) in [6.45, 7) is -0.230. The molecular weight excluding hydrogens is 443 g/mol. The van der Waals surface area contributed by atoms with Crippen LogP contribution < -0.4 is 0 Å². The Morgan fingerprint density at radius 1 is 1.14 bits per heavy atom. The largest absolute Gasteiger partial charge is 0.455 e. The molecular formula is C16H12ClF5N4O2S. The number of aromatic nitrogens is 4. The maximum Gasteiger partial charge on any atom is 0.455 e. The first-order chi connectivity index (χ1) is 13.4. The van der Waals surface area contributed by atoms with Crippen LogP contribution in [0.15, 0.2) is 35.6 Å². The number of sulfone groups is 1. The zero-order chi connectivity index (χ0) is 21.6. The second-order valence-corrected chi connectivity index (χ2v) is 8.65. The quantitative estimate of drug-likeness (QED) is 0.428. The van der Waals surface area contributed by atoms with Gasteiger partial charge in [0.05, 0.1) is 46.4 Å². The molecule has 0 N–H and O–H groups in total. The first-order valence-electron chi connectivity index (χ1n) is 8.01. The van der Waals surface area contributed by atoms with Gasteiger partial charge in [0.15, 0.2) is 9.84 Å². The second kappa shape index (κ2) is 7.17. The summed E-state index contributed by atoms with van der Waals surface area (Å²) in [5.41, 5.74) is -0.0922. The maximum atomic E-state index is 13.3. The first kappa shape index (κ1) is 21.4. The highest BCUT2D eigenvalue weighted by molar-refractivity contribution is 7.91. The van der Waals surface area contributed by atoms with Gasteiger partial charge in [-0.25, -0.2) is 18.4 Å². The fourth-order valence-corrected chi connectivity index (χ4v) is 3.71. The second-order valence-electron chi connectivity index (χ2n) is 6.02. The molecule has 3 rings (SSSR count). The monoisotopic (exact) mass is 454 g/mol. The van der Waals surface area contributed by atoms with Crippen LogP contribution >= 0.6 is 11.6 Å². The Hall–Kier alpha value is -2.34. The van der Waals surface area contributed by atoms with Crippen molar-refractivity contribution in [2.75, 3.05) is 5.75 Å². The number of pyridine rings is 2. The van der Waals surface area contributed by atoms with Crippen LogP contribution in [0.3, 0.4) is 0 Å². The number of hydrogen-bond acceptors (Lipinski definition) is 5. The lowest BCUT2D eigenvalue weighted by Crippen LogP contribution is -2.40. The normalized spacial score (nSPS) is 13.2. The van der Waals surface area contributed by atoms with Crippen LogP contribution in [-0.2, 0) is 16.4 Å². The average Bonchev–Trinajstić information content (AvgIpc) is 3.02. The van der Waals surface area contributed by atoms with Crippen LogP contribution in [0.1, 0.15) is 6.92 Å². The summed E-state index contributed by atoms with van der Waals surface area (Å²) in [6.07, 6.45) is -3.87. The molecule has 0 amide bonds. The molecule has 0 radical (unpaired) electrons. The van der Waals surface area contributed by atoms with Crippen molar-refractivity contribution in [2.24, 2.45) is 0 Å². The van der Waals surface area contributed by atoms with Crippen molar-refractivity contribution in [1.29, 1.82) is 0 Å². The predicted molar refractivity (Wildman–Crippen MR) is 94.5 cm³/mol. The van der Waals surface area contributed by atoms with Crippen LogP contribution in [0.25, 0.3) is 22.4 Å². The Bertz CT molecular complexity index is 1180. The van der Waals surface area contributed by atoms with E-state index in [-0.39, 0.29) is 38.2 Å². The van der Waals surface area contributed by atoms with Gasteiger partial charge < -0.3 is 4.57 Å². The van der Waals surface area contributed by atoms with Gasteiger partial charge in [0.2, 0.25) is 0 Å². The molecule has 0 fully saturated rings. The molecule has 3 aromatic rings. The molecule has 0 atom stereocenters. The molecule has 0 aliphatic heterocycles. The molecule has 0 unspecified atom stereocenters. The Morgan fingerprint density at radius 2 is 1.83 bits per heavy atom. The number of imidazole rings is 1. The summed E-state index contributed by atoms with van der Waals surface area (Å²) in [6, 6.07) is 3.79. The van der Waals surface area contributed by atoms with Crippen molar-refractivity contribution < 1.29 is 30.4 Å². The van der Waals surface area contributed by atoms with E-state index in [4.69, 9.17) is 11.6 Å². The number of alkyl halides is 5. The Balaban J connectivity index is 2.09. The van der Waals surface area contributed by atoms with Gasteiger partial charge in [-0.3, -0.25) is 4.98 Å². The van der Waals surface area contributed by atoms with Gasteiger partial charge in [-0.1, -0.05) is 18.5 Å². The van der Waals surface area contributed by atoms with Crippen molar-refractivity contribution >= 4 is 32.5 Å². The summed E-state index contributed by atoms with van der Waals surface area (Å²) >= 11 is 5.85. The number of halogens is 6. The van der Waals surface area contributed by atoms with E-state index in [0.717, 1.165) is 12.5 Å². The molecule has 156 valence electrons. The topological polar surface area (TPSA) is 77.7 Å². The van der Waals surface area contributed by atoms with E-state index in [0.29, 0.717) is 4.57 Å². The average molecular weight is 455 g/mol. The lowest BCUT2D eigenvalue weighted by atomic mass is 10.2. The van der Waals surface area contributed by atoms with Crippen LogP contribution in [0.5, 0.6) is 0 Å². The van der Waals surface area contributed by atoms with Gasteiger partial charge >= 0.3 is 12.1 Å². The predicted octanol–water partition coefficient (Wildman–Crippen LogP) is 4.14. The Kier molecular flexibility index (Phi) is 5.28. The van der Waals surface area contributed by atoms with Crippen LogP contribution in [0.4, 0.5) is 22.0 Å². The van der Waals surface area contributed by atoms with Crippen LogP contribution in [0.2, 0.25) is 5.15 Å². The molecule has 29 heavy (non-hydrogen) atoms. The Morgan fingerprint density at radius 3 is 2.45 bits per heavy atom. The third-order valence-electron chi connectivity index (χ3n) is 4.07. The van der Waals surface area contributed by atoms with E-state index in [1.807, 2.05) is 0 Å². The van der Waals surface area contributed by atoms with Gasteiger partial charge in [-0.2, -0.15) is 22.0 Å². The fraction of sp³-hybridized carbons (Fsp3) is 0.312. The zero-order valence-electron chi connectivity index (χ0n) is 14.6. The van der Waals surface area contributed by atoms with E-state index in [2.05, 4.69) is 15.0 Å². The number of hydrogen-bond donors (Lipinski definition) is 0. The van der Waals surface area contributed by atoms with Crippen LogP contribution in [0, 0.1) is 0 Å². The molecule has 6 nitrogen and oxygen atoms in total. The van der Waals surface area contributed by atoms with Gasteiger partial charge in [0.1, 0.15) is 10.8 Å². The standard InChI is InChI=1S/C16H12ClF5N4O2S/c1-2-29(27,28)12-3-4-13(17)25-14(12)10-5-9-11(6-23-10)26(8-24-9)7-15(18,19)16(20,21)22/h3-6,8H,2,7H2,1H3. The lowest BCUT2D eigenvalue weighted by Gasteiger charge is -2.20. The molecule has 0 aliphatic rings. The summed E-state index contributed by atoms with van der Waals surface area (Å²) in [4.78, 5) is 11.6. The summed E-state index contributed by atoms with van der Waals surface area (Å²) in [5, 5.41) is -0.00713. The molecule has 0 saturated carbocycles. The highest BCUT2D eigenvalue weighted by atomic mass is 35.5.